The number of carbonyl (C=O) groups excluding carboxylic acids is 2. The van der Waals surface area contributed by atoms with E-state index in [0.717, 1.165) is 24.4 Å². The number of hydrogen-bond donors (Lipinski definition) is 0. The highest BCUT2D eigenvalue weighted by atomic mass is 32.1. The highest BCUT2D eigenvalue weighted by Gasteiger charge is 2.30. The minimum absolute atomic E-state index is 0.0295. The van der Waals surface area contributed by atoms with E-state index in [1.807, 2.05) is 6.92 Å². The highest BCUT2D eigenvalue weighted by molar-refractivity contribution is 7.09. The molecule has 1 atom stereocenters. The van der Waals surface area contributed by atoms with Crippen molar-refractivity contribution in [2.75, 3.05) is 6.54 Å². The number of Topliss-reactive ketones (excluding diaryl/α,β-unsaturated/α-hetero) is 1. The predicted molar refractivity (Wildman–Crippen MR) is 66.2 cm³/mol. The van der Waals surface area contributed by atoms with Gasteiger partial charge < -0.3 is 4.90 Å². The van der Waals surface area contributed by atoms with Crippen LogP contribution in [0.2, 0.25) is 0 Å². The fourth-order valence-electron chi connectivity index (χ4n) is 2.26. The van der Waals surface area contributed by atoms with Gasteiger partial charge in [-0.15, -0.1) is 11.3 Å². The lowest BCUT2D eigenvalue weighted by Gasteiger charge is -2.22. The van der Waals surface area contributed by atoms with Gasteiger partial charge in [-0.2, -0.15) is 0 Å². The van der Waals surface area contributed by atoms with E-state index in [2.05, 4.69) is 4.98 Å². The molecular weight excluding hydrogens is 236 g/mol. The lowest BCUT2D eigenvalue weighted by Crippen LogP contribution is -2.36. The lowest BCUT2D eigenvalue weighted by atomic mass is 10.1. The van der Waals surface area contributed by atoms with Crippen LogP contribution in [0.25, 0.3) is 0 Å². The zero-order chi connectivity index (χ0) is 12.4. The Morgan fingerprint density at radius 2 is 2.35 bits per heavy atom. The molecule has 1 amide bonds. The zero-order valence-electron chi connectivity index (χ0n) is 10.1. The molecule has 1 aromatic heterocycles. The Kier molecular flexibility index (Phi) is 3.57. The molecule has 1 unspecified atom stereocenters. The van der Waals surface area contributed by atoms with Crippen molar-refractivity contribution in [1.29, 1.82) is 0 Å². The molecule has 1 aliphatic heterocycles. The maximum absolute atomic E-state index is 12.2. The second-order valence-corrected chi connectivity index (χ2v) is 5.51. The fourth-order valence-corrected chi connectivity index (χ4v) is 2.84. The van der Waals surface area contributed by atoms with Crippen molar-refractivity contribution < 1.29 is 9.59 Å². The summed E-state index contributed by atoms with van der Waals surface area (Å²) in [6, 6.07) is 0.0713. The molecule has 1 aliphatic rings. The molecule has 4 nitrogen and oxygen atoms in total. The number of aryl methyl sites for hydroxylation is 1. The summed E-state index contributed by atoms with van der Waals surface area (Å²) in [6.07, 6.45) is 2.37. The highest BCUT2D eigenvalue weighted by Crippen LogP contribution is 2.23. The van der Waals surface area contributed by atoms with Crippen LogP contribution in [0.1, 0.15) is 41.7 Å². The molecule has 5 heteroatoms. The first-order valence-corrected chi connectivity index (χ1v) is 6.68. The molecule has 0 aromatic carbocycles. The minimum atomic E-state index is -0.0295. The summed E-state index contributed by atoms with van der Waals surface area (Å²) >= 11 is 1.48. The van der Waals surface area contributed by atoms with E-state index in [1.54, 1.807) is 17.2 Å². The SMILES string of the molecule is CC(=O)CC1CCCN1C(=O)c1csc(C)n1. The molecule has 1 fully saturated rings. The molecule has 92 valence electrons. The standard InChI is InChI=1S/C12H16N2O2S/c1-8(15)6-10-4-3-5-14(10)12(16)11-7-17-9(2)13-11/h7,10H,3-6H2,1-2H3. The molecule has 0 saturated carbocycles. The molecule has 0 spiro atoms. The van der Waals surface area contributed by atoms with E-state index >= 15 is 0 Å². The summed E-state index contributed by atoms with van der Waals surface area (Å²) in [5, 5.41) is 2.69. The zero-order valence-corrected chi connectivity index (χ0v) is 10.9. The van der Waals surface area contributed by atoms with Gasteiger partial charge in [0.2, 0.25) is 0 Å². The molecular formula is C12H16N2O2S. The molecule has 0 N–H and O–H groups in total. The molecule has 1 saturated heterocycles. The number of aromatic nitrogens is 1. The summed E-state index contributed by atoms with van der Waals surface area (Å²) in [7, 11) is 0. The Labute approximate surface area is 105 Å². The van der Waals surface area contributed by atoms with Crippen LogP contribution in [0.3, 0.4) is 0 Å². The molecule has 0 aliphatic carbocycles. The Morgan fingerprint density at radius 3 is 2.94 bits per heavy atom. The number of ketones is 1. The molecule has 1 aromatic rings. The molecule has 0 radical (unpaired) electrons. The number of likely N-dealkylation sites (tertiary alicyclic amines) is 1. The van der Waals surface area contributed by atoms with Crippen LogP contribution in [-0.2, 0) is 4.79 Å². The number of rotatable bonds is 3. The van der Waals surface area contributed by atoms with Crippen molar-refractivity contribution in [2.24, 2.45) is 0 Å². The summed E-state index contributed by atoms with van der Waals surface area (Å²) in [6.45, 7) is 4.21. The summed E-state index contributed by atoms with van der Waals surface area (Å²) in [5.41, 5.74) is 0.517. The van der Waals surface area contributed by atoms with Crippen LogP contribution in [0.4, 0.5) is 0 Å². The largest absolute Gasteiger partial charge is 0.334 e. The Morgan fingerprint density at radius 1 is 1.59 bits per heavy atom. The average Bonchev–Trinajstić information content (AvgIpc) is 2.85. The first-order valence-electron chi connectivity index (χ1n) is 5.80. The number of thiazole rings is 1. The van der Waals surface area contributed by atoms with Crippen LogP contribution in [-0.4, -0.2) is 34.2 Å². The lowest BCUT2D eigenvalue weighted by molar-refractivity contribution is -0.117. The van der Waals surface area contributed by atoms with E-state index < -0.39 is 0 Å². The van der Waals surface area contributed by atoms with Crippen LogP contribution in [0, 0.1) is 6.92 Å². The molecule has 2 rings (SSSR count). The first-order chi connectivity index (χ1) is 8.08. The van der Waals surface area contributed by atoms with Gasteiger partial charge in [-0.05, 0) is 26.7 Å². The summed E-state index contributed by atoms with van der Waals surface area (Å²) in [4.78, 5) is 29.4. The maximum atomic E-state index is 12.2. The Hall–Kier alpha value is -1.23. The van der Waals surface area contributed by atoms with Crippen molar-refractivity contribution >= 4 is 23.0 Å². The minimum Gasteiger partial charge on any atom is -0.334 e. The average molecular weight is 252 g/mol. The smallest absolute Gasteiger partial charge is 0.273 e. The van der Waals surface area contributed by atoms with E-state index in [9.17, 15) is 9.59 Å². The van der Waals surface area contributed by atoms with Crippen molar-refractivity contribution in [3.63, 3.8) is 0 Å². The van der Waals surface area contributed by atoms with Crippen molar-refractivity contribution in [2.45, 2.75) is 39.2 Å². The van der Waals surface area contributed by atoms with Gasteiger partial charge in [0.15, 0.2) is 0 Å². The predicted octanol–water partition coefficient (Wildman–Crippen LogP) is 2.04. The van der Waals surface area contributed by atoms with Gasteiger partial charge in [-0.25, -0.2) is 4.98 Å². The number of hydrogen-bond acceptors (Lipinski definition) is 4. The monoisotopic (exact) mass is 252 g/mol. The number of nitrogens with zero attached hydrogens (tertiary/aromatic N) is 2. The Bertz CT molecular complexity index is 441. The second kappa shape index (κ2) is 4.96. The molecule has 0 bridgehead atoms. The maximum Gasteiger partial charge on any atom is 0.273 e. The van der Waals surface area contributed by atoms with Gasteiger partial charge in [0.1, 0.15) is 11.5 Å². The first kappa shape index (κ1) is 12.2. The summed E-state index contributed by atoms with van der Waals surface area (Å²) < 4.78 is 0. The van der Waals surface area contributed by atoms with Crippen molar-refractivity contribution in [3.8, 4) is 0 Å². The van der Waals surface area contributed by atoms with Gasteiger partial charge in [0.05, 0.1) is 5.01 Å². The van der Waals surface area contributed by atoms with E-state index in [0.29, 0.717) is 12.1 Å². The molecule has 17 heavy (non-hydrogen) atoms. The Balaban J connectivity index is 2.10. The van der Waals surface area contributed by atoms with Crippen molar-refractivity contribution in [3.05, 3.63) is 16.1 Å². The number of carbonyl (C=O) groups is 2. The van der Waals surface area contributed by atoms with Crippen LogP contribution >= 0.6 is 11.3 Å². The second-order valence-electron chi connectivity index (χ2n) is 4.45. The third-order valence-corrected chi connectivity index (χ3v) is 3.77. The normalized spacial score (nSPS) is 19.6. The third-order valence-electron chi connectivity index (χ3n) is 3.00. The van der Waals surface area contributed by atoms with Crippen LogP contribution in [0.15, 0.2) is 5.38 Å². The van der Waals surface area contributed by atoms with Gasteiger partial charge >= 0.3 is 0 Å². The topological polar surface area (TPSA) is 50.3 Å². The van der Waals surface area contributed by atoms with Crippen molar-refractivity contribution in [1.82, 2.24) is 9.88 Å². The van der Waals surface area contributed by atoms with Gasteiger partial charge in [-0.3, -0.25) is 9.59 Å². The number of amides is 1. The van der Waals surface area contributed by atoms with Gasteiger partial charge in [0.25, 0.3) is 5.91 Å². The van der Waals surface area contributed by atoms with E-state index in [1.165, 1.54) is 11.3 Å². The quantitative estimate of drug-likeness (QED) is 0.827. The van der Waals surface area contributed by atoms with E-state index in [-0.39, 0.29) is 17.7 Å². The van der Waals surface area contributed by atoms with Gasteiger partial charge in [0, 0.05) is 24.4 Å². The summed E-state index contributed by atoms with van der Waals surface area (Å²) in [5.74, 6) is 0.113. The van der Waals surface area contributed by atoms with Crippen LogP contribution in [0.5, 0.6) is 0 Å². The molecule has 2 heterocycles. The van der Waals surface area contributed by atoms with Gasteiger partial charge in [-0.1, -0.05) is 0 Å². The fraction of sp³-hybridized carbons (Fsp3) is 0.583. The van der Waals surface area contributed by atoms with E-state index in [4.69, 9.17) is 0 Å². The third kappa shape index (κ3) is 2.72. The van der Waals surface area contributed by atoms with Crippen LogP contribution < -0.4 is 0 Å².